The van der Waals surface area contributed by atoms with E-state index >= 15 is 0 Å². The van der Waals surface area contributed by atoms with E-state index in [1.807, 2.05) is 0 Å². The molecule has 0 radical (unpaired) electrons. The summed E-state index contributed by atoms with van der Waals surface area (Å²) in [6.07, 6.45) is 0. The highest BCUT2D eigenvalue weighted by molar-refractivity contribution is 14.2. The third kappa shape index (κ3) is 6.31. The first-order chi connectivity index (χ1) is 27.9. The van der Waals surface area contributed by atoms with Crippen LogP contribution in [-0.4, -0.2) is 0 Å². The molecule has 9 aromatic rings. The van der Waals surface area contributed by atoms with Crippen molar-refractivity contribution < 1.29 is 0 Å². The standard InChI is InChI=1S/C51H36I2N2S2/c1-51(2)45-31-37(54(35-21-26-38(56-52)27-22-35)47-19-9-13-33-11-3-5-15-40(33)47)25-30-44(45)50-43-18-8-7-17-42(43)49(32-46(50)51)55(36-23-28-39(57-53)29-24-36)48-20-10-14-34-12-4-6-16-41(34)48/h3-32H,1-2H3. The van der Waals surface area contributed by atoms with Crippen molar-refractivity contribution in [1.82, 2.24) is 0 Å². The molecule has 1 aliphatic rings. The molecule has 9 aromatic carbocycles. The van der Waals surface area contributed by atoms with E-state index in [1.54, 1.807) is 17.9 Å². The molecule has 10 rings (SSSR count). The molecule has 2 nitrogen and oxygen atoms in total. The molecule has 0 unspecified atom stereocenters. The molecule has 1 aliphatic carbocycles. The summed E-state index contributed by atoms with van der Waals surface area (Å²) in [4.78, 5) is 7.40. The lowest BCUT2D eigenvalue weighted by molar-refractivity contribution is 0.661. The second-order valence-corrected chi connectivity index (χ2v) is 18.9. The summed E-state index contributed by atoms with van der Waals surface area (Å²) in [5.41, 5.74) is 12.0. The second-order valence-electron chi connectivity index (χ2n) is 15.0. The van der Waals surface area contributed by atoms with E-state index in [1.165, 1.54) is 81.4 Å². The molecule has 0 bridgehead atoms. The minimum Gasteiger partial charge on any atom is -0.310 e. The number of hydrogen-bond donors (Lipinski definition) is 0. The van der Waals surface area contributed by atoms with Gasteiger partial charge in [0, 0.05) is 90.8 Å². The van der Waals surface area contributed by atoms with Crippen molar-refractivity contribution >= 4 is 127 Å². The molecular formula is C51H36I2N2S2. The number of anilines is 6. The van der Waals surface area contributed by atoms with Crippen molar-refractivity contribution in [1.29, 1.82) is 0 Å². The molecule has 0 fully saturated rings. The van der Waals surface area contributed by atoms with Crippen LogP contribution in [-0.2, 0) is 5.41 Å². The van der Waals surface area contributed by atoms with Crippen LogP contribution < -0.4 is 9.80 Å². The molecule has 0 amide bonds. The topological polar surface area (TPSA) is 6.48 Å². The summed E-state index contributed by atoms with van der Waals surface area (Å²) in [7, 11) is 3.49. The first-order valence-electron chi connectivity index (χ1n) is 19.0. The average Bonchev–Trinajstić information content (AvgIpc) is 3.49. The number of hydrogen-bond acceptors (Lipinski definition) is 4. The van der Waals surface area contributed by atoms with E-state index in [0.717, 1.165) is 17.1 Å². The van der Waals surface area contributed by atoms with Gasteiger partial charge >= 0.3 is 0 Å². The Morgan fingerprint density at radius 2 is 0.877 bits per heavy atom. The lowest BCUT2D eigenvalue weighted by Gasteiger charge is -2.31. The molecule has 276 valence electrons. The maximum absolute atomic E-state index is 2.49. The fourth-order valence-electron chi connectivity index (χ4n) is 8.81. The van der Waals surface area contributed by atoms with Gasteiger partial charge in [-0.25, -0.2) is 0 Å². The normalized spacial score (nSPS) is 12.8. The van der Waals surface area contributed by atoms with Gasteiger partial charge in [-0.1, -0.05) is 135 Å². The number of nitrogens with zero attached hydrogens (tertiary/aromatic N) is 2. The van der Waals surface area contributed by atoms with Crippen LogP contribution in [0.5, 0.6) is 0 Å². The monoisotopic (exact) mass is 994 g/mol. The summed E-state index contributed by atoms with van der Waals surface area (Å²) >= 11 is 4.73. The third-order valence-electron chi connectivity index (χ3n) is 11.5. The minimum atomic E-state index is -0.280. The van der Waals surface area contributed by atoms with Crippen molar-refractivity contribution in [2.45, 2.75) is 29.1 Å². The Morgan fingerprint density at radius 1 is 0.404 bits per heavy atom. The van der Waals surface area contributed by atoms with Crippen LogP contribution in [0.25, 0.3) is 43.4 Å². The van der Waals surface area contributed by atoms with Crippen molar-refractivity contribution in [3.63, 3.8) is 0 Å². The van der Waals surface area contributed by atoms with E-state index in [2.05, 4.69) is 248 Å². The van der Waals surface area contributed by atoms with Gasteiger partial charge in [0.2, 0.25) is 0 Å². The first-order valence-corrected chi connectivity index (χ1v) is 25.7. The zero-order valence-electron chi connectivity index (χ0n) is 31.3. The van der Waals surface area contributed by atoms with Crippen LogP contribution in [0.3, 0.4) is 0 Å². The fraction of sp³-hybridized carbons (Fsp3) is 0.0588. The summed E-state index contributed by atoms with van der Waals surface area (Å²) < 4.78 is 0. The largest absolute Gasteiger partial charge is 0.310 e. The van der Waals surface area contributed by atoms with E-state index in [9.17, 15) is 0 Å². The van der Waals surface area contributed by atoms with Gasteiger partial charge in [0.15, 0.2) is 0 Å². The van der Waals surface area contributed by atoms with Crippen molar-refractivity contribution in [2.75, 3.05) is 9.80 Å². The molecule has 0 atom stereocenters. The Morgan fingerprint density at radius 3 is 1.46 bits per heavy atom. The molecule has 0 N–H and O–H groups in total. The number of benzene rings is 9. The Balaban J connectivity index is 1.19. The van der Waals surface area contributed by atoms with Gasteiger partial charge in [-0.05, 0) is 117 Å². The van der Waals surface area contributed by atoms with Crippen LogP contribution in [0, 0.1) is 0 Å². The molecule has 0 saturated carbocycles. The van der Waals surface area contributed by atoms with Crippen LogP contribution in [0.1, 0.15) is 25.0 Å². The Kier molecular flexibility index (Phi) is 9.72. The lowest BCUT2D eigenvalue weighted by atomic mass is 9.81. The molecule has 0 aromatic heterocycles. The van der Waals surface area contributed by atoms with Crippen LogP contribution in [0.2, 0.25) is 0 Å². The number of fused-ring (bicyclic) bond motifs is 7. The molecule has 6 heteroatoms. The highest BCUT2D eigenvalue weighted by atomic mass is 127. The third-order valence-corrected chi connectivity index (χ3v) is 15.5. The second kappa shape index (κ2) is 15.0. The Bertz CT molecular complexity index is 2970. The number of rotatable bonds is 8. The Hall–Kier alpha value is -4.48. The van der Waals surface area contributed by atoms with Gasteiger partial charge in [0.1, 0.15) is 0 Å². The van der Waals surface area contributed by atoms with E-state index < -0.39 is 0 Å². The summed E-state index contributed by atoms with van der Waals surface area (Å²) in [6.45, 7) is 4.81. The summed E-state index contributed by atoms with van der Waals surface area (Å²) in [5, 5.41) is 7.41. The SMILES string of the molecule is CC1(C)c2cc(N(c3ccc(SI)cc3)c3cccc4ccccc34)ccc2-c2c1cc(N(c1ccc(SI)cc1)c1cccc3ccccc13)c1ccccc21. The summed E-state index contributed by atoms with van der Waals surface area (Å²) in [6, 6.07) is 67.4. The number of halogens is 2. The van der Waals surface area contributed by atoms with E-state index in [4.69, 9.17) is 0 Å². The van der Waals surface area contributed by atoms with Crippen LogP contribution >= 0.6 is 60.3 Å². The van der Waals surface area contributed by atoms with Gasteiger partial charge < -0.3 is 9.80 Å². The lowest BCUT2D eigenvalue weighted by Crippen LogP contribution is -2.18. The average molecular weight is 995 g/mol. The van der Waals surface area contributed by atoms with Gasteiger partial charge in [-0.3, -0.25) is 0 Å². The maximum Gasteiger partial charge on any atom is 0.0543 e. The highest BCUT2D eigenvalue weighted by Gasteiger charge is 2.38. The molecule has 0 saturated heterocycles. The van der Waals surface area contributed by atoms with E-state index in [-0.39, 0.29) is 5.41 Å². The zero-order valence-corrected chi connectivity index (χ0v) is 37.2. The van der Waals surface area contributed by atoms with Crippen molar-refractivity contribution in [2.24, 2.45) is 0 Å². The van der Waals surface area contributed by atoms with E-state index in [0.29, 0.717) is 0 Å². The first kappa shape index (κ1) is 36.8. The van der Waals surface area contributed by atoms with Gasteiger partial charge in [0.25, 0.3) is 0 Å². The highest BCUT2D eigenvalue weighted by Crippen LogP contribution is 2.56. The molecular weight excluding hydrogens is 959 g/mol. The minimum absolute atomic E-state index is 0.280. The predicted molar refractivity (Wildman–Crippen MR) is 266 cm³/mol. The quantitative estimate of drug-likeness (QED) is 0.140. The van der Waals surface area contributed by atoms with Crippen molar-refractivity contribution in [3.05, 3.63) is 193 Å². The van der Waals surface area contributed by atoms with Gasteiger partial charge in [-0.2, -0.15) is 0 Å². The molecule has 0 spiro atoms. The van der Waals surface area contributed by atoms with Gasteiger partial charge in [-0.15, -0.1) is 0 Å². The molecule has 0 heterocycles. The molecule has 57 heavy (non-hydrogen) atoms. The van der Waals surface area contributed by atoms with Crippen LogP contribution in [0.4, 0.5) is 34.1 Å². The Labute approximate surface area is 366 Å². The maximum atomic E-state index is 2.49. The smallest absolute Gasteiger partial charge is 0.0543 e. The fourth-order valence-corrected chi connectivity index (χ4v) is 11.1. The zero-order chi connectivity index (χ0) is 38.7. The summed E-state index contributed by atoms with van der Waals surface area (Å²) in [5.74, 6) is 0. The molecule has 0 aliphatic heterocycles. The van der Waals surface area contributed by atoms with Crippen molar-refractivity contribution in [3.8, 4) is 11.1 Å². The van der Waals surface area contributed by atoms with Crippen LogP contribution in [0.15, 0.2) is 192 Å². The van der Waals surface area contributed by atoms with Gasteiger partial charge in [0.05, 0.1) is 17.1 Å². The predicted octanol–water partition coefficient (Wildman–Crippen LogP) is 17.3.